The number of fused-ring (bicyclic) bond motifs is 1. The van der Waals surface area contributed by atoms with Crippen LogP contribution in [0.2, 0.25) is 0 Å². The van der Waals surface area contributed by atoms with E-state index in [0.29, 0.717) is 13.0 Å². The lowest BCUT2D eigenvalue weighted by Crippen LogP contribution is -2.57. The molecule has 0 radical (unpaired) electrons. The number of hydrogen-bond donors (Lipinski definition) is 3. The fourth-order valence-electron chi connectivity index (χ4n) is 5.27. The van der Waals surface area contributed by atoms with Gasteiger partial charge in [-0.05, 0) is 52.4 Å². The van der Waals surface area contributed by atoms with Crippen molar-refractivity contribution in [1.82, 2.24) is 20.9 Å². The van der Waals surface area contributed by atoms with E-state index in [1.807, 2.05) is 0 Å². The zero-order valence-corrected chi connectivity index (χ0v) is 20.8. The minimum absolute atomic E-state index is 0.152. The van der Waals surface area contributed by atoms with Crippen molar-refractivity contribution in [1.29, 1.82) is 0 Å². The van der Waals surface area contributed by atoms with E-state index in [0.717, 1.165) is 4.90 Å². The minimum atomic E-state index is -5.09. The van der Waals surface area contributed by atoms with Crippen molar-refractivity contribution in [3.8, 4) is 0 Å². The number of amides is 4. The first kappa shape index (κ1) is 28.8. The molecule has 3 N–H and O–H groups in total. The molecule has 208 valence electrons. The Bertz CT molecular complexity index is 937. The summed E-state index contributed by atoms with van der Waals surface area (Å²) in [5.41, 5.74) is -0.763. The van der Waals surface area contributed by atoms with Gasteiger partial charge in [-0.15, -0.1) is 13.2 Å². The van der Waals surface area contributed by atoms with Crippen LogP contribution in [-0.4, -0.2) is 84.2 Å². The van der Waals surface area contributed by atoms with Crippen molar-refractivity contribution in [2.24, 2.45) is 17.8 Å². The third-order valence-corrected chi connectivity index (χ3v) is 6.92. The Morgan fingerprint density at radius 2 is 1.78 bits per heavy atom. The number of hydrogen-bond acceptors (Lipinski definition) is 6. The van der Waals surface area contributed by atoms with Gasteiger partial charge in [-0.2, -0.15) is 0 Å². The second kappa shape index (κ2) is 10.9. The van der Waals surface area contributed by atoms with Gasteiger partial charge < -0.3 is 20.9 Å². The number of carbonyl (C=O) groups excluding carboxylic acids is 5. The third kappa shape index (κ3) is 7.17. The molecule has 3 aliphatic rings. The number of nitrogens with one attached hydrogen (secondary N) is 3. The molecule has 4 amide bonds. The molecule has 3 fully saturated rings. The quantitative estimate of drug-likeness (QED) is 0.322. The molecule has 1 aliphatic carbocycles. The first-order valence-corrected chi connectivity index (χ1v) is 12.2. The van der Waals surface area contributed by atoms with Crippen molar-refractivity contribution < 1.29 is 46.3 Å². The van der Waals surface area contributed by atoms with Crippen LogP contribution in [0.4, 0.5) is 17.6 Å². The highest BCUT2D eigenvalue weighted by atomic mass is 19.4. The summed E-state index contributed by atoms with van der Waals surface area (Å²) in [5.74, 6) is -6.53. The Hall–Kier alpha value is -2.77. The summed E-state index contributed by atoms with van der Waals surface area (Å²) in [4.78, 5) is 64.5. The molecule has 3 rings (SSSR count). The predicted octanol–water partition coefficient (Wildman–Crippen LogP) is 0.593. The molecule has 2 heterocycles. The predicted molar refractivity (Wildman–Crippen MR) is 119 cm³/mol. The zero-order chi connectivity index (χ0) is 27.7. The van der Waals surface area contributed by atoms with Crippen LogP contribution in [0.15, 0.2) is 0 Å². The van der Waals surface area contributed by atoms with Crippen molar-refractivity contribution in [3.05, 3.63) is 0 Å². The molecule has 0 aromatic carbocycles. The van der Waals surface area contributed by atoms with Gasteiger partial charge in [0.15, 0.2) is 5.78 Å². The monoisotopic (exact) mass is 536 g/mol. The number of ether oxygens (including phenoxy) is 1. The minimum Gasteiger partial charge on any atom is -0.356 e. The van der Waals surface area contributed by atoms with Crippen molar-refractivity contribution >= 4 is 29.4 Å². The molecule has 0 bridgehead atoms. The van der Waals surface area contributed by atoms with E-state index in [2.05, 4.69) is 20.7 Å². The fraction of sp³-hybridized carbons (Fsp3) is 0.783. The number of halogens is 4. The second-order valence-corrected chi connectivity index (χ2v) is 10.8. The van der Waals surface area contributed by atoms with E-state index in [-0.39, 0.29) is 25.8 Å². The molecule has 2 unspecified atom stereocenters. The topological polar surface area (TPSA) is 134 Å². The maximum atomic E-state index is 14.5. The number of carbonyl (C=O) groups is 5. The van der Waals surface area contributed by atoms with Crippen LogP contribution < -0.4 is 16.0 Å². The Kier molecular flexibility index (Phi) is 8.50. The lowest BCUT2D eigenvalue weighted by Gasteiger charge is -2.30. The van der Waals surface area contributed by atoms with Gasteiger partial charge in [0.25, 0.3) is 0 Å². The lowest BCUT2D eigenvalue weighted by molar-refractivity contribution is -0.321. The van der Waals surface area contributed by atoms with Crippen LogP contribution in [0.25, 0.3) is 0 Å². The van der Waals surface area contributed by atoms with E-state index in [1.54, 1.807) is 20.8 Å². The molecule has 2 saturated heterocycles. The highest BCUT2D eigenvalue weighted by Gasteiger charge is 2.54. The van der Waals surface area contributed by atoms with E-state index >= 15 is 0 Å². The van der Waals surface area contributed by atoms with Gasteiger partial charge in [0.1, 0.15) is 18.8 Å². The molecule has 10 nitrogen and oxygen atoms in total. The Balaban J connectivity index is 1.81. The first-order valence-electron chi connectivity index (χ1n) is 12.2. The maximum absolute atomic E-state index is 14.5. The van der Waals surface area contributed by atoms with Crippen molar-refractivity contribution in [2.45, 2.75) is 76.6 Å². The summed E-state index contributed by atoms with van der Waals surface area (Å²) in [6.45, 7) is 3.68. The molecule has 2 aliphatic heterocycles. The first-order chi connectivity index (χ1) is 17.1. The number of likely N-dealkylation sites (tertiary alicyclic amines) is 1. The standard InChI is InChI=1S/C23H32F4N4O6/c1-22(2,3)30-20(35)21(36)31-9-13-12(4-5-14(13)24)17(31)19(34)29-15(8-11-6-7-28-18(11)33)16(32)10-37-23(25,26)27/h11-15,17H,4-10H2,1-3H3,(H,28,33)(H,29,34)(H,30,35)/t11-,12-,13-,14?,15?,17-/m0/s1. The Morgan fingerprint density at radius 1 is 1.11 bits per heavy atom. The van der Waals surface area contributed by atoms with Gasteiger partial charge in [0, 0.05) is 30.5 Å². The number of rotatable bonds is 7. The fourth-order valence-corrected chi connectivity index (χ4v) is 5.27. The van der Waals surface area contributed by atoms with Gasteiger partial charge in [-0.1, -0.05) is 0 Å². The third-order valence-electron chi connectivity index (χ3n) is 6.92. The van der Waals surface area contributed by atoms with Crippen molar-refractivity contribution in [3.63, 3.8) is 0 Å². The number of alkyl halides is 4. The average Bonchev–Trinajstić information content (AvgIpc) is 3.45. The zero-order valence-electron chi connectivity index (χ0n) is 20.8. The second-order valence-electron chi connectivity index (χ2n) is 10.8. The van der Waals surface area contributed by atoms with Gasteiger partial charge >= 0.3 is 18.2 Å². The molecule has 0 aromatic heterocycles. The van der Waals surface area contributed by atoms with E-state index in [4.69, 9.17) is 0 Å². The van der Waals surface area contributed by atoms with Crippen molar-refractivity contribution in [2.75, 3.05) is 19.7 Å². The van der Waals surface area contributed by atoms with E-state index in [1.165, 1.54) is 0 Å². The largest absolute Gasteiger partial charge is 0.522 e. The summed E-state index contributed by atoms with van der Waals surface area (Å²) >= 11 is 0. The molecule has 6 atom stereocenters. The normalized spacial score (nSPS) is 28.5. The Morgan fingerprint density at radius 3 is 2.35 bits per heavy atom. The summed E-state index contributed by atoms with van der Waals surface area (Å²) in [6.07, 6.45) is -5.95. The van der Waals surface area contributed by atoms with E-state index in [9.17, 15) is 41.5 Å². The van der Waals surface area contributed by atoms with Gasteiger partial charge in [-0.3, -0.25) is 28.7 Å². The smallest absolute Gasteiger partial charge is 0.356 e. The van der Waals surface area contributed by atoms with Crippen LogP contribution in [-0.2, 0) is 28.7 Å². The molecule has 0 aromatic rings. The van der Waals surface area contributed by atoms with E-state index < -0.39 is 83.9 Å². The molecule has 1 saturated carbocycles. The number of nitrogens with zero attached hydrogens (tertiary/aromatic N) is 1. The summed E-state index contributed by atoms with van der Waals surface area (Å²) in [6, 6.07) is -2.83. The summed E-state index contributed by atoms with van der Waals surface area (Å²) < 4.78 is 55.8. The average molecular weight is 537 g/mol. The molecule has 14 heteroatoms. The van der Waals surface area contributed by atoms with Gasteiger partial charge in [-0.25, -0.2) is 4.39 Å². The van der Waals surface area contributed by atoms with Crippen LogP contribution >= 0.6 is 0 Å². The lowest BCUT2D eigenvalue weighted by atomic mass is 9.91. The molecular weight excluding hydrogens is 504 g/mol. The number of Topliss-reactive ketones (excluding diaryl/α,β-unsaturated/α-hetero) is 1. The summed E-state index contributed by atoms with van der Waals surface area (Å²) in [7, 11) is 0. The molecule has 0 spiro atoms. The maximum Gasteiger partial charge on any atom is 0.522 e. The number of ketones is 1. The highest BCUT2D eigenvalue weighted by Crippen LogP contribution is 2.44. The highest BCUT2D eigenvalue weighted by molar-refractivity contribution is 6.35. The molecular formula is C23H32F4N4O6. The molecule has 37 heavy (non-hydrogen) atoms. The SMILES string of the molecule is CC(C)(C)NC(=O)C(=O)N1C[C@@H]2C(F)CC[C@@H]2[C@H]1C(=O)NC(C[C@@H]1CCNC1=O)C(=O)COC(F)(F)F. The Labute approximate surface area is 211 Å². The van der Waals surface area contributed by atoms with Gasteiger partial charge in [0.2, 0.25) is 11.8 Å². The van der Waals surface area contributed by atoms with Crippen LogP contribution in [0.1, 0.15) is 46.5 Å². The van der Waals surface area contributed by atoms with Crippen LogP contribution in [0, 0.1) is 17.8 Å². The van der Waals surface area contributed by atoms with Gasteiger partial charge in [0.05, 0.1) is 6.04 Å². The van der Waals surface area contributed by atoms with Crippen LogP contribution in [0.5, 0.6) is 0 Å². The van der Waals surface area contributed by atoms with Crippen LogP contribution in [0.3, 0.4) is 0 Å². The summed E-state index contributed by atoms with van der Waals surface area (Å²) in [5, 5.41) is 7.43.